The predicted molar refractivity (Wildman–Crippen MR) is 69.2 cm³/mol. The number of thiocarbonyl (C=S) groups is 1. The second kappa shape index (κ2) is 5.95. The van der Waals surface area contributed by atoms with Gasteiger partial charge in [-0.1, -0.05) is 17.7 Å². The normalized spacial score (nSPS) is 10.9. The molecular formula is C10H14N2O3S2. The molecule has 0 saturated carbocycles. The van der Waals surface area contributed by atoms with Gasteiger partial charge in [0.15, 0.2) is 5.11 Å². The third kappa shape index (κ3) is 4.29. The fourth-order valence-corrected chi connectivity index (χ4v) is 2.46. The Bertz CT molecular complexity index is 483. The van der Waals surface area contributed by atoms with E-state index in [2.05, 4.69) is 10.0 Å². The van der Waals surface area contributed by atoms with Crippen molar-refractivity contribution in [2.75, 3.05) is 13.2 Å². The Kier molecular flexibility index (Phi) is 4.86. The van der Waals surface area contributed by atoms with Gasteiger partial charge in [-0.3, -0.25) is 4.72 Å². The number of benzene rings is 1. The van der Waals surface area contributed by atoms with Gasteiger partial charge in [0.1, 0.15) is 0 Å². The average molecular weight is 274 g/mol. The number of nitrogens with one attached hydrogen (secondary N) is 2. The first-order valence-corrected chi connectivity index (χ1v) is 6.83. The summed E-state index contributed by atoms with van der Waals surface area (Å²) in [5, 5.41) is 11.1. The predicted octanol–water partition coefficient (Wildman–Crippen LogP) is 0.140. The van der Waals surface area contributed by atoms with Crippen LogP contribution in [0.4, 0.5) is 0 Å². The second-order valence-electron chi connectivity index (χ2n) is 3.40. The highest BCUT2D eigenvalue weighted by Crippen LogP contribution is 2.09. The van der Waals surface area contributed by atoms with Crippen molar-refractivity contribution in [3.8, 4) is 0 Å². The van der Waals surface area contributed by atoms with Crippen LogP contribution < -0.4 is 10.0 Å². The molecule has 94 valence electrons. The molecule has 0 fully saturated rings. The van der Waals surface area contributed by atoms with Gasteiger partial charge in [-0.2, -0.15) is 0 Å². The van der Waals surface area contributed by atoms with Crippen LogP contribution in [-0.2, 0) is 10.0 Å². The van der Waals surface area contributed by atoms with Gasteiger partial charge in [-0.05, 0) is 31.3 Å². The molecule has 1 aromatic rings. The number of rotatable bonds is 4. The summed E-state index contributed by atoms with van der Waals surface area (Å²) in [5.41, 5.74) is 0.977. The molecule has 0 aliphatic rings. The summed E-state index contributed by atoms with van der Waals surface area (Å²) in [6.45, 7) is 1.96. The largest absolute Gasteiger partial charge is 0.395 e. The second-order valence-corrected chi connectivity index (χ2v) is 5.49. The van der Waals surface area contributed by atoms with Crippen molar-refractivity contribution in [2.45, 2.75) is 11.8 Å². The molecule has 0 bridgehead atoms. The zero-order chi connectivity index (χ0) is 12.9. The van der Waals surface area contributed by atoms with Crippen LogP contribution >= 0.6 is 12.2 Å². The molecule has 0 radical (unpaired) electrons. The van der Waals surface area contributed by atoms with E-state index in [4.69, 9.17) is 17.3 Å². The molecule has 5 nitrogen and oxygen atoms in total. The summed E-state index contributed by atoms with van der Waals surface area (Å²) >= 11 is 4.78. The van der Waals surface area contributed by atoms with Crippen LogP contribution in [0.1, 0.15) is 5.56 Å². The fraction of sp³-hybridized carbons (Fsp3) is 0.300. The Hall–Kier alpha value is -1.18. The molecule has 0 unspecified atom stereocenters. The number of aliphatic hydroxyl groups is 1. The lowest BCUT2D eigenvalue weighted by Crippen LogP contribution is -2.40. The first-order chi connectivity index (χ1) is 7.95. The van der Waals surface area contributed by atoms with Crippen LogP contribution in [0.5, 0.6) is 0 Å². The molecule has 17 heavy (non-hydrogen) atoms. The Morgan fingerprint density at radius 2 is 1.94 bits per heavy atom. The van der Waals surface area contributed by atoms with Gasteiger partial charge in [0.2, 0.25) is 0 Å². The fourth-order valence-electron chi connectivity index (χ4n) is 1.10. The molecule has 0 saturated heterocycles. The number of hydrogen-bond acceptors (Lipinski definition) is 4. The van der Waals surface area contributed by atoms with Crippen molar-refractivity contribution in [1.29, 1.82) is 0 Å². The van der Waals surface area contributed by atoms with Crippen molar-refractivity contribution in [3.05, 3.63) is 29.8 Å². The SMILES string of the molecule is Cc1ccc(S(=O)(=O)NC(=S)NCCO)cc1. The highest BCUT2D eigenvalue weighted by atomic mass is 32.2. The lowest BCUT2D eigenvalue weighted by molar-refractivity contribution is 0.300. The summed E-state index contributed by atoms with van der Waals surface area (Å²) < 4.78 is 25.8. The van der Waals surface area contributed by atoms with Gasteiger partial charge in [-0.15, -0.1) is 0 Å². The summed E-state index contributed by atoms with van der Waals surface area (Å²) in [4.78, 5) is 0.149. The lowest BCUT2D eigenvalue weighted by Gasteiger charge is -2.10. The van der Waals surface area contributed by atoms with E-state index >= 15 is 0 Å². The number of aryl methyl sites for hydroxylation is 1. The maximum atomic E-state index is 11.8. The Balaban J connectivity index is 2.75. The molecular weight excluding hydrogens is 260 g/mol. The van der Waals surface area contributed by atoms with Gasteiger partial charge >= 0.3 is 0 Å². The Morgan fingerprint density at radius 3 is 2.47 bits per heavy atom. The molecule has 0 amide bonds. The number of aliphatic hydroxyl groups excluding tert-OH is 1. The minimum absolute atomic E-state index is 0.0281. The smallest absolute Gasteiger partial charge is 0.263 e. The first-order valence-electron chi connectivity index (χ1n) is 4.94. The maximum absolute atomic E-state index is 11.8. The maximum Gasteiger partial charge on any atom is 0.263 e. The van der Waals surface area contributed by atoms with Gasteiger partial charge in [-0.25, -0.2) is 8.42 Å². The lowest BCUT2D eigenvalue weighted by atomic mass is 10.2. The Labute approximate surface area is 106 Å². The highest BCUT2D eigenvalue weighted by Gasteiger charge is 2.14. The average Bonchev–Trinajstić information content (AvgIpc) is 2.26. The molecule has 1 rings (SSSR count). The van der Waals surface area contributed by atoms with Crippen LogP contribution in [0.3, 0.4) is 0 Å². The molecule has 3 N–H and O–H groups in total. The van der Waals surface area contributed by atoms with Crippen molar-refractivity contribution in [2.24, 2.45) is 0 Å². The Morgan fingerprint density at radius 1 is 1.35 bits per heavy atom. The van der Waals surface area contributed by atoms with E-state index < -0.39 is 10.0 Å². The van der Waals surface area contributed by atoms with Gasteiger partial charge in [0, 0.05) is 6.54 Å². The molecule has 0 aliphatic carbocycles. The summed E-state index contributed by atoms with van der Waals surface area (Å²) in [5.74, 6) is 0. The van der Waals surface area contributed by atoms with Crippen LogP contribution in [0.15, 0.2) is 29.2 Å². The van der Waals surface area contributed by atoms with E-state index in [0.717, 1.165) is 5.56 Å². The molecule has 0 atom stereocenters. The van der Waals surface area contributed by atoms with E-state index in [0.29, 0.717) is 0 Å². The van der Waals surface area contributed by atoms with Crippen molar-refractivity contribution >= 4 is 27.4 Å². The molecule has 7 heteroatoms. The molecule has 0 aromatic heterocycles. The van der Waals surface area contributed by atoms with Crippen molar-refractivity contribution < 1.29 is 13.5 Å². The monoisotopic (exact) mass is 274 g/mol. The highest BCUT2D eigenvalue weighted by molar-refractivity contribution is 7.91. The van der Waals surface area contributed by atoms with Crippen molar-refractivity contribution in [3.63, 3.8) is 0 Å². The van der Waals surface area contributed by atoms with E-state index in [-0.39, 0.29) is 23.2 Å². The van der Waals surface area contributed by atoms with E-state index in [9.17, 15) is 8.42 Å². The third-order valence-corrected chi connectivity index (χ3v) is 3.70. The molecule has 0 aliphatic heterocycles. The topological polar surface area (TPSA) is 78.4 Å². The molecule has 0 heterocycles. The summed E-state index contributed by atoms with van der Waals surface area (Å²) in [7, 11) is -3.64. The van der Waals surface area contributed by atoms with Gasteiger partial charge < -0.3 is 10.4 Å². The summed E-state index contributed by atoms with van der Waals surface area (Å²) in [6, 6.07) is 6.43. The molecule has 0 spiro atoms. The number of hydrogen-bond donors (Lipinski definition) is 3. The van der Waals surface area contributed by atoms with Crippen molar-refractivity contribution in [1.82, 2.24) is 10.0 Å². The third-order valence-electron chi connectivity index (χ3n) is 1.96. The van der Waals surface area contributed by atoms with Crippen LogP contribution in [0.25, 0.3) is 0 Å². The minimum Gasteiger partial charge on any atom is -0.395 e. The van der Waals surface area contributed by atoms with E-state index in [1.807, 2.05) is 6.92 Å². The summed E-state index contributed by atoms with van der Waals surface area (Å²) in [6.07, 6.45) is 0. The quantitative estimate of drug-likeness (QED) is 0.681. The van der Waals surface area contributed by atoms with Crippen LogP contribution in [0, 0.1) is 6.92 Å². The van der Waals surface area contributed by atoms with E-state index in [1.165, 1.54) is 12.1 Å². The zero-order valence-corrected chi connectivity index (χ0v) is 10.9. The minimum atomic E-state index is -3.64. The van der Waals surface area contributed by atoms with E-state index in [1.54, 1.807) is 12.1 Å². The van der Waals surface area contributed by atoms with Gasteiger partial charge in [0.05, 0.1) is 11.5 Å². The van der Waals surface area contributed by atoms with Gasteiger partial charge in [0.25, 0.3) is 10.0 Å². The zero-order valence-electron chi connectivity index (χ0n) is 9.30. The number of sulfonamides is 1. The van der Waals surface area contributed by atoms with Crippen LogP contribution in [-0.4, -0.2) is 31.8 Å². The van der Waals surface area contributed by atoms with Crippen LogP contribution in [0.2, 0.25) is 0 Å². The first kappa shape index (κ1) is 13.9. The molecule has 1 aromatic carbocycles. The standard InChI is InChI=1S/C10H14N2O3S2/c1-8-2-4-9(5-3-8)17(14,15)12-10(16)11-6-7-13/h2-5,13H,6-7H2,1H3,(H2,11,12,16).